The van der Waals surface area contributed by atoms with Crippen molar-refractivity contribution in [2.45, 2.75) is 75.5 Å². The molecule has 1 fully saturated rings. The number of phosphoric ester groups is 1. The molecule has 0 saturated carbocycles. The highest BCUT2D eigenvalue weighted by Crippen LogP contribution is 2.66. The Bertz CT molecular complexity index is 2130. The van der Waals surface area contributed by atoms with Gasteiger partial charge in [-0.15, -0.1) is 0 Å². The zero-order valence-electron chi connectivity index (χ0n) is 32.2. The highest BCUT2D eigenvalue weighted by Gasteiger charge is 2.43. The molecule has 32 heteroatoms. The Kier molecular flexibility index (Phi) is 20.7. The number of anilines is 1. The van der Waals surface area contributed by atoms with E-state index < -0.39 is 84.9 Å². The first-order valence-electron chi connectivity index (χ1n) is 18.0. The van der Waals surface area contributed by atoms with E-state index in [9.17, 15) is 52.6 Å². The molecule has 3 heterocycles. The van der Waals surface area contributed by atoms with Gasteiger partial charge in [0.05, 0.1) is 42.7 Å². The van der Waals surface area contributed by atoms with Crippen LogP contribution < -0.4 is 27.4 Å². The number of aliphatic carboxylic acids is 2. The lowest BCUT2D eigenvalue weighted by molar-refractivity contribution is -0.147. The molecule has 2 aromatic rings. The Morgan fingerprint density at radius 3 is 2.39 bits per heavy atom. The van der Waals surface area contributed by atoms with E-state index in [1.807, 2.05) is 0 Å². The molecule has 3 rings (SSSR count). The number of hydrogen-bond donors (Lipinski definition) is 12. The van der Waals surface area contributed by atoms with E-state index in [0.29, 0.717) is 42.5 Å². The number of ether oxygens (including phenoxy) is 1. The molecule has 27 nitrogen and oxygen atoms in total. The number of carboxylic acid groups (broad SMARTS) is 2. The van der Waals surface area contributed by atoms with Gasteiger partial charge in [-0.1, -0.05) is 39.8 Å². The summed E-state index contributed by atoms with van der Waals surface area (Å²) in [4.78, 5) is 103. The van der Waals surface area contributed by atoms with Crippen LogP contribution in [-0.2, 0) is 55.5 Å². The predicted octanol–water partition coefficient (Wildman–Crippen LogP) is -0.708. The number of nitrogens with two attached hydrogens (primary N) is 2. The fraction of sp³-hybridized carbons (Fsp3) is 0.567. The standard InChI is InChI=1S/C30H45N8O19P3S2/c31-18(29(44)34-8-3-1-2-6-23(41)37-19(30(45)46)11-25(42)43)15-62-61-10-7-22(40)33-9-4-5-17-13-38(28-26(17)27(32)35-16-36-28)24-12-20(39)21(55-24)14-54-59(50,51)57-60(52,53)56-58(47,48)49/h13,16,18-21,24,39H,1-3,6-12,14-15,31H2,(H,33,40)(H,34,44)(H,37,41)(H,42,43)(H,45,46)(H,50,51)(H,52,53)(H2,32,35,36)(H2,47,48,49). The molecular formula is C30H45N8O19P3S2. The molecule has 346 valence electrons. The number of aliphatic hydroxyl groups excluding tert-OH is 1. The number of nitrogens with one attached hydrogen (secondary N) is 3. The monoisotopic (exact) mass is 978 g/mol. The fourth-order valence-corrected chi connectivity index (χ4v) is 10.4. The first-order valence-corrected chi connectivity index (χ1v) is 25.0. The van der Waals surface area contributed by atoms with Crippen LogP contribution in [0.25, 0.3) is 11.0 Å². The SMILES string of the molecule is Nc1ncnc2c1c(C#CCNC(=O)CCSSCC(N)C(=O)NCCCCCC(=O)NC(CC(=O)O)C(=O)O)cn2C1CC(O)C(COP(=O)(O)OP(=O)(O)OP(=O)(O)O)O1. The van der Waals surface area contributed by atoms with Crippen molar-refractivity contribution in [2.75, 3.05) is 36.9 Å². The molecule has 2 aromatic heterocycles. The van der Waals surface area contributed by atoms with Crippen LogP contribution in [0.2, 0.25) is 0 Å². The molecule has 0 aliphatic carbocycles. The van der Waals surface area contributed by atoms with Crippen molar-refractivity contribution < 1.29 is 90.4 Å². The number of nitrogen functional groups attached to an aromatic ring is 1. The highest BCUT2D eigenvalue weighted by molar-refractivity contribution is 8.76. The Hall–Kier alpha value is -3.68. The summed E-state index contributed by atoms with van der Waals surface area (Å²) in [7, 11) is -14.2. The Morgan fingerprint density at radius 1 is 0.984 bits per heavy atom. The third-order valence-electron chi connectivity index (χ3n) is 8.04. The van der Waals surface area contributed by atoms with E-state index in [1.54, 1.807) is 0 Å². The zero-order chi connectivity index (χ0) is 46.3. The maximum Gasteiger partial charge on any atom is 0.490 e. The van der Waals surface area contributed by atoms with Crippen molar-refractivity contribution in [1.82, 2.24) is 30.5 Å². The second-order valence-electron chi connectivity index (χ2n) is 12.9. The number of rotatable bonds is 26. The van der Waals surface area contributed by atoms with Crippen molar-refractivity contribution in [3.05, 3.63) is 18.1 Å². The van der Waals surface area contributed by atoms with Gasteiger partial charge < -0.3 is 71.6 Å². The summed E-state index contributed by atoms with van der Waals surface area (Å²) in [6.07, 6.45) is -0.244. The van der Waals surface area contributed by atoms with Gasteiger partial charge in [0.25, 0.3) is 0 Å². The maximum absolute atomic E-state index is 12.4. The first kappa shape index (κ1) is 52.7. The molecular weight excluding hydrogens is 933 g/mol. The molecule has 62 heavy (non-hydrogen) atoms. The molecule has 0 bridgehead atoms. The normalized spacial score (nSPS) is 19.3. The summed E-state index contributed by atoms with van der Waals surface area (Å²) >= 11 is 0. The number of hydrogen-bond acceptors (Lipinski definition) is 19. The molecule has 1 saturated heterocycles. The van der Waals surface area contributed by atoms with Crippen molar-refractivity contribution in [2.24, 2.45) is 5.73 Å². The van der Waals surface area contributed by atoms with Gasteiger partial charge in [0.1, 0.15) is 36.2 Å². The molecule has 3 amide bonds. The second-order valence-corrected chi connectivity index (χ2v) is 20.0. The van der Waals surface area contributed by atoms with Crippen LogP contribution in [0, 0.1) is 11.8 Å². The average molecular weight is 979 g/mol. The zero-order valence-corrected chi connectivity index (χ0v) is 36.5. The molecule has 7 unspecified atom stereocenters. The number of amides is 3. The van der Waals surface area contributed by atoms with Gasteiger partial charge in [-0.25, -0.2) is 28.5 Å². The van der Waals surface area contributed by atoms with Gasteiger partial charge in [-0.2, -0.15) is 8.62 Å². The summed E-state index contributed by atoms with van der Waals surface area (Å²) in [6, 6.07) is -2.33. The Morgan fingerprint density at radius 2 is 1.71 bits per heavy atom. The van der Waals surface area contributed by atoms with Gasteiger partial charge in [0.15, 0.2) is 0 Å². The molecule has 1 aliphatic rings. The minimum atomic E-state index is -5.76. The number of nitrogens with zero attached hydrogens (tertiary/aromatic N) is 3. The molecule has 1 aliphatic heterocycles. The van der Waals surface area contributed by atoms with Gasteiger partial charge in [-0.3, -0.25) is 23.7 Å². The minimum Gasteiger partial charge on any atom is -0.481 e. The van der Waals surface area contributed by atoms with E-state index >= 15 is 0 Å². The fourth-order valence-electron chi connectivity index (χ4n) is 5.26. The van der Waals surface area contributed by atoms with Crippen LogP contribution in [0.4, 0.5) is 5.82 Å². The average Bonchev–Trinajstić information content (AvgIpc) is 3.71. The number of fused-ring (bicyclic) bond motifs is 1. The van der Waals surface area contributed by atoms with Gasteiger partial charge in [0, 0.05) is 43.5 Å². The summed E-state index contributed by atoms with van der Waals surface area (Å²) in [6.45, 7) is -0.649. The van der Waals surface area contributed by atoms with Crippen LogP contribution in [0.3, 0.4) is 0 Å². The van der Waals surface area contributed by atoms with Gasteiger partial charge in [0.2, 0.25) is 17.7 Å². The van der Waals surface area contributed by atoms with Crippen LogP contribution in [0.15, 0.2) is 12.5 Å². The first-order chi connectivity index (χ1) is 29.0. The van der Waals surface area contributed by atoms with Crippen LogP contribution >= 0.6 is 45.1 Å². The minimum absolute atomic E-state index is 0.00402. The smallest absolute Gasteiger partial charge is 0.481 e. The van der Waals surface area contributed by atoms with Crippen LogP contribution in [-0.4, -0.2) is 135 Å². The summed E-state index contributed by atoms with van der Waals surface area (Å²) in [5.41, 5.74) is 12.6. The topological polar surface area (TPSA) is 434 Å². The summed E-state index contributed by atoms with van der Waals surface area (Å²) < 4.78 is 53.7. The molecule has 14 N–H and O–H groups in total. The van der Waals surface area contributed by atoms with E-state index in [0.717, 1.165) is 6.33 Å². The third kappa shape index (κ3) is 18.6. The number of unbranched alkanes of at least 4 members (excludes halogenated alkanes) is 2. The van der Waals surface area contributed by atoms with E-state index in [2.05, 4.69) is 50.9 Å². The number of carbonyl (C=O) groups excluding carboxylic acids is 3. The molecule has 0 radical (unpaired) electrons. The maximum atomic E-state index is 12.4. The van der Waals surface area contributed by atoms with Crippen molar-refractivity contribution in [3.63, 3.8) is 0 Å². The quantitative estimate of drug-likeness (QED) is 0.0240. The van der Waals surface area contributed by atoms with Crippen molar-refractivity contribution in [1.29, 1.82) is 0 Å². The van der Waals surface area contributed by atoms with Gasteiger partial charge >= 0.3 is 35.4 Å². The molecule has 7 atom stereocenters. The summed E-state index contributed by atoms with van der Waals surface area (Å²) in [5, 5.41) is 36.1. The predicted molar refractivity (Wildman–Crippen MR) is 217 cm³/mol. The number of aliphatic hydroxyl groups is 1. The Balaban J connectivity index is 1.37. The lowest BCUT2D eigenvalue weighted by atomic mass is 10.1. The van der Waals surface area contributed by atoms with Crippen LogP contribution in [0.5, 0.6) is 0 Å². The molecule has 0 spiro atoms. The number of carbonyl (C=O) groups is 5. The lowest BCUT2D eigenvalue weighted by Crippen LogP contribution is -2.42. The number of phosphoric acid groups is 3. The lowest BCUT2D eigenvalue weighted by Gasteiger charge is -2.19. The number of carboxylic acids is 2. The van der Waals surface area contributed by atoms with Crippen molar-refractivity contribution >= 4 is 91.6 Å². The third-order valence-corrected chi connectivity index (χ3v) is 14.3. The van der Waals surface area contributed by atoms with Gasteiger partial charge in [-0.05, 0) is 12.8 Å². The van der Waals surface area contributed by atoms with E-state index in [-0.39, 0.29) is 54.8 Å². The number of aromatic nitrogens is 3. The second kappa shape index (κ2) is 24.4. The van der Waals surface area contributed by atoms with Crippen molar-refractivity contribution in [3.8, 4) is 11.8 Å². The van der Waals surface area contributed by atoms with E-state index in [4.69, 9.17) is 36.2 Å². The Labute approximate surface area is 359 Å². The van der Waals surface area contributed by atoms with Crippen LogP contribution in [0.1, 0.15) is 56.7 Å². The van der Waals surface area contributed by atoms with E-state index in [1.165, 1.54) is 32.4 Å². The molecule has 0 aromatic carbocycles. The largest absolute Gasteiger partial charge is 0.490 e. The summed E-state index contributed by atoms with van der Waals surface area (Å²) in [5.74, 6) is 2.30. The highest BCUT2D eigenvalue weighted by atomic mass is 33.1.